The van der Waals surface area contributed by atoms with Crippen molar-refractivity contribution in [3.63, 3.8) is 0 Å². The van der Waals surface area contributed by atoms with Crippen LogP contribution in [0.5, 0.6) is 0 Å². The summed E-state index contributed by atoms with van der Waals surface area (Å²) in [4.78, 5) is 0. The number of hydrogen-bond acceptors (Lipinski definition) is 1. The van der Waals surface area contributed by atoms with Crippen LogP contribution in [0, 0.1) is 5.82 Å². The van der Waals surface area contributed by atoms with E-state index in [2.05, 4.69) is 21.2 Å². The number of likely N-dealkylation sites (N-methyl/N-ethyl adjacent to an activating group) is 1. The maximum Gasteiger partial charge on any atom is 0.142 e. The van der Waals surface area contributed by atoms with Gasteiger partial charge in [-0.25, -0.2) is 4.39 Å². The summed E-state index contributed by atoms with van der Waals surface area (Å²) in [6.07, 6.45) is 0.594. The van der Waals surface area contributed by atoms with Crippen LogP contribution in [0.4, 0.5) is 4.39 Å². The van der Waals surface area contributed by atoms with Gasteiger partial charge in [0.05, 0.1) is 5.02 Å². The lowest BCUT2D eigenvalue weighted by atomic mass is 9.98. The highest BCUT2D eigenvalue weighted by atomic mass is 79.9. The van der Waals surface area contributed by atoms with E-state index in [0.29, 0.717) is 11.4 Å². The Kier molecular flexibility index (Phi) is 6.06. The molecule has 0 aliphatic carbocycles. The van der Waals surface area contributed by atoms with Crippen molar-refractivity contribution in [2.45, 2.75) is 19.4 Å². The summed E-state index contributed by atoms with van der Waals surface area (Å²) in [5, 5.41) is 4.23. The Morgan fingerprint density at radius 1 is 1.24 bits per heavy atom. The zero-order chi connectivity index (χ0) is 15.4. The first-order chi connectivity index (χ1) is 10.0. The number of halogens is 4. The van der Waals surface area contributed by atoms with Gasteiger partial charge in [0.2, 0.25) is 0 Å². The Hall–Kier alpha value is -0.610. The third kappa shape index (κ3) is 4.43. The van der Waals surface area contributed by atoms with Crippen molar-refractivity contribution < 1.29 is 4.39 Å². The maximum atomic E-state index is 13.6. The second kappa shape index (κ2) is 7.59. The molecular weight excluding hydrogens is 376 g/mol. The monoisotopic (exact) mass is 389 g/mol. The smallest absolute Gasteiger partial charge is 0.142 e. The van der Waals surface area contributed by atoms with Crippen molar-refractivity contribution in [3.8, 4) is 0 Å². The molecule has 2 aromatic rings. The van der Waals surface area contributed by atoms with Gasteiger partial charge in [-0.05, 0) is 48.4 Å². The molecule has 2 rings (SSSR count). The van der Waals surface area contributed by atoms with Gasteiger partial charge in [-0.1, -0.05) is 58.2 Å². The number of hydrogen-bond donors (Lipinski definition) is 1. The van der Waals surface area contributed by atoms with Crippen molar-refractivity contribution >= 4 is 39.1 Å². The fourth-order valence-corrected chi connectivity index (χ4v) is 3.35. The average Bonchev–Trinajstić information content (AvgIpc) is 2.42. The van der Waals surface area contributed by atoms with Crippen LogP contribution < -0.4 is 5.32 Å². The van der Waals surface area contributed by atoms with Gasteiger partial charge in [0.1, 0.15) is 5.82 Å². The first kappa shape index (κ1) is 16.8. The third-order valence-electron chi connectivity index (χ3n) is 3.19. The summed E-state index contributed by atoms with van der Waals surface area (Å²) in [7, 11) is 0. The number of nitrogens with one attached hydrogen (secondary N) is 1. The predicted octanol–water partition coefficient (Wildman–Crippen LogP) is 5.79. The molecule has 1 atom stereocenters. The minimum atomic E-state index is -0.392. The molecule has 0 heterocycles. The number of rotatable bonds is 5. The Bertz CT molecular complexity index is 613. The molecule has 0 saturated heterocycles. The van der Waals surface area contributed by atoms with E-state index >= 15 is 0 Å². The van der Waals surface area contributed by atoms with E-state index < -0.39 is 5.82 Å². The second-order valence-corrected chi connectivity index (χ2v) is 6.46. The molecule has 21 heavy (non-hydrogen) atoms. The van der Waals surface area contributed by atoms with E-state index in [-0.39, 0.29) is 11.1 Å². The normalized spacial score (nSPS) is 12.4. The molecule has 1 N–H and O–H groups in total. The Labute approximate surface area is 142 Å². The van der Waals surface area contributed by atoms with Crippen molar-refractivity contribution in [1.29, 1.82) is 0 Å². The lowest BCUT2D eigenvalue weighted by molar-refractivity contribution is 0.546. The topological polar surface area (TPSA) is 12.0 Å². The van der Waals surface area contributed by atoms with Crippen LogP contribution in [0.1, 0.15) is 24.1 Å². The third-order valence-corrected chi connectivity index (χ3v) is 4.29. The quantitative estimate of drug-likeness (QED) is 0.681. The van der Waals surface area contributed by atoms with E-state index in [1.807, 2.05) is 31.2 Å². The van der Waals surface area contributed by atoms with Crippen molar-refractivity contribution in [1.82, 2.24) is 5.32 Å². The summed E-state index contributed by atoms with van der Waals surface area (Å²) in [5.41, 5.74) is 1.82. The van der Waals surface area contributed by atoms with Gasteiger partial charge in [0, 0.05) is 15.5 Å². The van der Waals surface area contributed by atoms with Gasteiger partial charge in [-0.3, -0.25) is 0 Å². The van der Waals surface area contributed by atoms with Gasteiger partial charge in [0.15, 0.2) is 0 Å². The molecule has 2 aromatic carbocycles. The van der Waals surface area contributed by atoms with Crippen molar-refractivity contribution in [2.75, 3.05) is 6.54 Å². The fraction of sp³-hybridized carbons (Fsp3) is 0.250. The highest BCUT2D eigenvalue weighted by Gasteiger charge is 2.15. The average molecular weight is 391 g/mol. The van der Waals surface area contributed by atoms with E-state index in [9.17, 15) is 4.39 Å². The molecule has 0 aliphatic heterocycles. The molecule has 1 unspecified atom stereocenters. The minimum absolute atomic E-state index is 0.0179. The van der Waals surface area contributed by atoms with Gasteiger partial charge < -0.3 is 5.32 Å². The van der Waals surface area contributed by atoms with Crippen LogP contribution in [0.25, 0.3) is 0 Å². The van der Waals surface area contributed by atoms with Gasteiger partial charge in [-0.2, -0.15) is 0 Å². The van der Waals surface area contributed by atoms with Crippen LogP contribution in [0.15, 0.2) is 40.9 Å². The first-order valence-corrected chi connectivity index (χ1v) is 8.18. The molecule has 0 aliphatic rings. The molecule has 0 saturated carbocycles. The molecule has 0 amide bonds. The largest absolute Gasteiger partial charge is 0.310 e. The Balaban J connectivity index is 2.32. The Morgan fingerprint density at radius 3 is 2.67 bits per heavy atom. The molecule has 112 valence electrons. The highest BCUT2D eigenvalue weighted by molar-refractivity contribution is 9.10. The molecule has 0 aromatic heterocycles. The zero-order valence-corrected chi connectivity index (χ0v) is 14.6. The molecule has 0 spiro atoms. The van der Waals surface area contributed by atoms with Gasteiger partial charge in [0.25, 0.3) is 0 Å². The van der Waals surface area contributed by atoms with Crippen molar-refractivity contribution in [3.05, 3.63) is 67.9 Å². The second-order valence-electron chi connectivity index (χ2n) is 4.73. The van der Waals surface area contributed by atoms with Crippen LogP contribution in [-0.2, 0) is 6.42 Å². The summed E-state index contributed by atoms with van der Waals surface area (Å²) in [5.74, 6) is -0.392. The standard InChI is InChI=1S/C16H15BrCl2FN/c1-2-21-15(11-6-12(17)9-13(18)7-11)8-10-4-3-5-14(20)16(10)19/h3-7,9,15,21H,2,8H2,1H3. The summed E-state index contributed by atoms with van der Waals surface area (Å²) >= 11 is 15.6. The molecule has 0 radical (unpaired) electrons. The van der Waals surface area contributed by atoms with Gasteiger partial charge in [-0.15, -0.1) is 0 Å². The van der Waals surface area contributed by atoms with Gasteiger partial charge >= 0.3 is 0 Å². The van der Waals surface area contributed by atoms with Crippen LogP contribution in [0.2, 0.25) is 10.0 Å². The molecule has 0 fully saturated rings. The predicted molar refractivity (Wildman–Crippen MR) is 90.7 cm³/mol. The van der Waals surface area contributed by atoms with Crippen LogP contribution in [0.3, 0.4) is 0 Å². The Morgan fingerprint density at radius 2 is 2.00 bits per heavy atom. The van der Waals surface area contributed by atoms with Crippen molar-refractivity contribution in [2.24, 2.45) is 0 Å². The summed E-state index contributed by atoms with van der Waals surface area (Å²) in [6.45, 7) is 2.82. The SMILES string of the molecule is CCNC(Cc1cccc(F)c1Cl)c1cc(Cl)cc(Br)c1. The lowest BCUT2D eigenvalue weighted by Gasteiger charge is -2.20. The first-order valence-electron chi connectivity index (χ1n) is 6.63. The molecule has 5 heteroatoms. The summed E-state index contributed by atoms with van der Waals surface area (Å²) in [6, 6.07) is 10.7. The van der Waals surface area contributed by atoms with E-state index in [1.54, 1.807) is 6.07 Å². The van der Waals surface area contributed by atoms with E-state index in [4.69, 9.17) is 23.2 Å². The number of benzene rings is 2. The fourth-order valence-electron chi connectivity index (χ4n) is 2.26. The molecule has 0 bridgehead atoms. The molecule has 1 nitrogen and oxygen atoms in total. The van der Waals surface area contributed by atoms with Crippen LogP contribution in [-0.4, -0.2) is 6.54 Å². The highest BCUT2D eigenvalue weighted by Crippen LogP contribution is 2.29. The van der Waals surface area contributed by atoms with E-state index in [1.165, 1.54) is 6.07 Å². The lowest BCUT2D eigenvalue weighted by Crippen LogP contribution is -2.23. The van der Waals surface area contributed by atoms with E-state index in [0.717, 1.165) is 22.1 Å². The minimum Gasteiger partial charge on any atom is -0.310 e. The maximum absolute atomic E-state index is 13.6. The summed E-state index contributed by atoms with van der Waals surface area (Å²) < 4.78 is 14.5. The van der Waals surface area contributed by atoms with Crippen LogP contribution >= 0.6 is 39.1 Å². The zero-order valence-electron chi connectivity index (χ0n) is 11.5. The molecular formula is C16H15BrCl2FN.